The summed E-state index contributed by atoms with van der Waals surface area (Å²) in [6.45, 7) is 3.18. The van der Waals surface area contributed by atoms with Crippen molar-refractivity contribution in [1.82, 2.24) is 0 Å². The third kappa shape index (κ3) is 3.51. The van der Waals surface area contributed by atoms with Gasteiger partial charge in [0.15, 0.2) is 0 Å². The van der Waals surface area contributed by atoms with Gasteiger partial charge < -0.3 is 10.6 Å². The van der Waals surface area contributed by atoms with Crippen LogP contribution in [0.1, 0.15) is 19.8 Å². The van der Waals surface area contributed by atoms with Crippen LogP contribution in [-0.2, 0) is 0 Å². The molecule has 0 atom stereocenters. The smallest absolute Gasteiger partial charge is 0.0655 e. The fraction of sp³-hybridized carbons (Fsp3) is 0.250. The van der Waals surface area contributed by atoms with Crippen LogP contribution in [0.2, 0.25) is 0 Å². The number of anilines is 3. The van der Waals surface area contributed by atoms with Gasteiger partial charge >= 0.3 is 0 Å². The molecule has 0 saturated heterocycles. The molecule has 0 aliphatic heterocycles. The Balaban J connectivity index is 2.40. The fourth-order valence-electron chi connectivity index (χ4n) is 2.06. The Morgan fingerprint density at radius 1 is 1.11 bits per heavy atom. The molecule has 0 aliphatic carbocycles. The van der Waals surface area contributed by atoms with Crippen molar-refractivity contribution < 1.29 is 0 Å². The van der Waals surface area contributed by atoms with Crippen molar-refractivity contribution >= 4 is 33.0 Å². The second-order valence-electron chi connectivity index (χ2n) is 4.54. The monoisotopic (exact) mass is 318 g/mol. The van der Waals surface area contributed by atoms with E-state index in [1.807, 2.05) is 18.2 Å². The zero-order valence-electron chi connectivity index (χ0n) is 11.1. The van der Waals surface area contributed by atoms with Gasteiger partial charge in [-0.1, -0.05) is 47.5 Å². The maximum Gasteiger partial charge on any atom is 0.0655 e. The van der Waals surface area contributed by atoms with Crippen molar-refractivity contribution in [2.45, 2.75) is 19.8 Å². The maximum absolute atomic E-state index is 6.14. The molecule has 2 aromatic carbocycles. The minimum Gasteiger partial charge on any atom is -0.397 e. The number of benzene rings is 2. The van der Waals surface area contributed by atoms with Gasteiger partial charge in [0.2, 0.25) is 0 Å². The topological polar surface area (TPSA) is 29.3 Å². The van der Waals surface area contributed by atoms with E-state index in [0.717, 1.165) is 35.2 Å². The van der Waals surface area contributed by atoms with Crippen molar-refractivity contribution in [3.63, 3.8) is 0 Å². The molecule has 2 aromatic rings. The van der Waals surface area contributed by atoms with Crippen LogP contribution >= 0.6 is 15.9 Å². The first kappa shape index (κ1) is 13.9. The first-order chi connectivity index (χ1) is 9.22. The Morgan fingerprint density at radius 2 is 1.84 bits per heavy atom. The minimum atomic E-state index is 0.808. The molecule has 0 spiro atoms. The lowest BCUT2D eigenvalue weighted by atomic mass is 10.2. The molecular formula is C16H19BrN2. The van der Waals surface area contributed by atoms with E-state index in [4.69, 9.17) is 5.73 Å². The molecular weight excluding hydrogens is 300 g/mol. The van der Waals surface area contributed by atoms with Crippen LogP contribution in [0, 0.1) is 0 Å². The van der Waals surface area contributed by atoms with Crippen LogP contribution in [-0.4, -0.2) is 6.54 Å². The van der Waals surface area contributed by atoms with Gasteiger partial charge in [0.05, 0.1) is 11.4 Å². The number of nitrogens with two attached hydrogens (primary N) is 1. The highest BCUT2D eigenvalue weighted by Crippen LogP contribution is 2.32. The fourth-order valence-corrected chi connectivity index (χ4v) is 2.41. The maximum atomic E-state index is 6.14. The molecule has 2 nitrogen and oxygen atoms in total. The molecule has 0 fully saturated rings. The predicted octanol–water partition coefficient (Wildman–Crippen LogP) is 4.97. The number of halogens is 1. The lowest BCUT2D eigenvalue weighted by molar-refractivity contribution is 0.786. The van der Waals surface area contributed by atoms with Crippen LogP contribution in [0.4, 0.5) is 17.1 Å². The summed E-state index contributed by atoms with van der Waals surface area (Å²) in [5.74, 6) is 0. The molecule has 0 saturated carbocycles. The summed E-state index contributed by atoms with van der Waals surface area (Å²) in [7, 11) is 0. The molecule has 0 bridgehead atoms. The molecule has 0 radical (unpaired) electrons. The summed E-state index contributed by atoms with van der Waals surface area (Å²) in [6, 6.07) is 16.4. The molecule has 0 amide bonds. The summed E-state index contributed by atoms with van der Waals surface area (Å²) in [5, 5.41) is 0. The third-order valence-electron chi connectivity index (χ3n) is 3.09. The van der Waals surface area contributed by atoms with E-state index in [2.05, 4.69) is 58.1 Å². The number of nitrogen functional groups attached to an aromatic ring is 1. The summed E-state index contributed by atoms with van der Waals surface area (Å²) >= 11 is 3.52. The molecule has 0 aliphatic rings. The number of rotatable bonds is 5. The van der Waals surface area contributed by atoms with Gasteiger partial charge in [-0.15, -0.1) is 0 Å². The number of para-hydroxylation sites is 1. The average Bonchev–Trinajstić information content (AvgIpc) is 2.44. The first-order valence-corrected chi connectivity index (χ1v) is 7.39. The normalized spacial score (nSPS) is 10.4. The molecule has 0 aromatic heterocycles. The van der Waals surface area contributed by atoms with E-state index < -0.39 is 0 Å². The van der Waals surface area contributed by atoms with Crippen molar-refractivity contribution in [2.75, 3.05) is 17.2 Å². The highest BCUT2D eigenvalue weighted by molar-refractivity contribution is 9.10. The SMILES string of the molecule is CCCCN(c1ccccc1)c1cc(Br)ccc1N. The van der Waals surface area contributed by atoms with Gasteiger partial charge in [0.25, 0.3) is 0 Å². The second-order valence-corrected chi connectivity index (χ2v) is 5.46. The Hall–Kier alpha value is -1.48. The number of unbranched alkanes of at least 4 members (excludes halogenated alkanes) is 1. The molecule has 3 heteroatoms. The Labute approximate surface area is 123 Å². The van der Waals surface area contributed by atoms with Gasteiger partial charge in [0, 0.05) is 16.7 Å². The molecule has 100 valence electrons. The van der Waals surface area contributed by atoms with Gasteiger partial charge in [-0.3, -0.25) is 0 Å². The summed E-state index contributed by atoms with van der Waals surface area (Å²) in [4.78, 5) is 2.28. The van der Waals surface area contributed by atoms with Crippen molar-refractivity contribution in [2.24, 2.45) is 0 Å². The summed E-state index contributed by atoms with van der Waals surface area (Å²) in [6.07, 6.45) is 2.30. The highest BCUT2D eigenvalue weighted by Gasteiger charge is 2.11. The number of nitrogens with zero attached hydrogens (tertiary/aromatic N) is 1. The molecule has 0 unspecified atom stereocenters. The van der Waals surface area contributed by atoms with E-state index in [1.165, 1.54) is 5.69 Å². The zero-order valence-corrected chi connectivity index (χ0v) is 12.7. The van der Waals surface area contributed by atoms with E-state index >= 15 is 0 Å². The minimum absolute atomic E-state index is 0.808. The molecule has 2 rings (SSSR count). The van der Waals surface area contributed by atoms with Crippen molar-refractivity contribution in [3.8, 4) is 0 Å². The van der Waals surface area contributed by atoms with E-state index in [1.54, 1.807) is 0 Å². The lowest BCUT2D eigenvalue weighted by Gasteiger charge is -2.26. The molecule has 2 N–H and O–H groups in total. The standard InChI is InChI=1S/C16H19BrN2/c1-2-3-11-19(14-7-5-4-6-8-14)16-12-13(17)9-10-15(16)18/h4-10,12H,2-3,11,18H2,1H3. The number of hydrogen-bond donors (Lipinski definition) is 1. The first-order valence-electron chi connectivity index (χ1n) is 6.60. The number of hydrogen-bond acceptors (Lipinski definition) is 2. The largest absolute Gasteiger partial charge is 0.397 e. The summed E-state index contributed by atoms with van der Waals surface area (Å²) in [5.41, 5.74) is 9.19. The van der Waals surface area contributed by atoms with Crippen LogP contribution in [0.3, 0.4) is 0 Å². The highest BCUT2D eigenvalue weighted by atomic mass is 79.9. The van der Waals surface area contributed by atoms with Crippen LogP contribution < -0.4 is 10.6 Å². The van der Waals surface area contributed by atoms with Crippen molar-refractivity contribution in [1.29, 1.82) is 0 Å². The van der Waals surface area contributed by atoms with E-state index in [9.17, 15) is 0 Å². The van der Waals surface area contributed by atoms with Crippen molar-refractivity contribution in [3.05, 3.63) is 53.0 Å². The lowest BCUT2D eigenvalue weighted by Crippen LogP contribution is -2.19. The van der Waals surface area contributed by atoms with E-state index in [-0.39, 0.29) is 0 Å². The van der Waals surface area contributed by atoms with E-state index in [0.29, 0.717) is 0 Å². The van der Waals surface area contributed by atoms with Gasteiger partial charge in [0.1, 0.15) is 0 Å². The van der Waals surface area contributed by atoms with Gasteiger partial charge in [-0.05, 0) is 36.8 Å². The molecule has 0 heterocycles. The summed E-state index contributed by atoms with van der Waals surface area (Å²) < 4.78 is 1.05. The van der Waals surface area contributed by atoms with Gasteiger partial charge in [-0.2, -0.15) is 0 Å². The second kappa shape index (κ2) is 6.62. The van der Waals surface area contributed by atoms with Gasteiger partial charge in [-0.25, -0.2) is 0 Å². The quantitative estimate of drug-likeness (QED) is 0.788. The Morgan fingerprint density at radius 3 is 2.53 bits per heavy atom. The van der Waals surface area contributed by atoms with Crippen LogP contribution in [0.25, 0.3) is 0 Å². The predicted molar refractivity (Wildman–Crippen MR) is 86.9 cm³/mol. The Bertz CT molecular complexity index is 526. The third-order valence-corrected chi connectivity index (χ3v) is 3.58. The Kier molecular flexibility index (Phi) is 4.86. The molecule has 19 heavy (non-hydrogen) atoms. The van der Waals surface area contributed by atoms with Crippen LogP contribution in [0.5, 0.6) is 0 Å². The average molecular weight is 319 g/mol. The zero-order chi connectivity index (χ0) is 13.7. The van der Waals surface area contributed by atoms with Crippen LogP contribution in [0.15, 0.2) is 53.0 Å².